The first kappa shape index (κ1) is 13.3. The fraction of sp³-hybridized carbons (Fsp3) is 0.417. The van der Waals surface area contributed by atoms with Crippen LogP contribution in [0.5, 0.6) is 11.5 Å². The number of ether oxygens (including phenoxy) is 2. The monoisotopic (exact) mass is 238 g/mol. The van der Waals surface area contributed by atoms with Gasteiger partial charge in [-0.25, -0.2) is 0 Å². The summed E-state index contributed by atoms with van der Waals surface area (Å²) < 4.78 is 10.3. The summed E-state index contributed by atoms with van der Waals surface area (Å²) in [4.78, 5) is 11.5. The Morgan fingerprint density at radius 1 is 1.29 bits per heavy atom. The van der Waals surface area contributed by atoms with Gasteiger partial charge in [0.05, 0.1) is 20.3 Å². The Kier molecular flexibility index (Phi) is 4.34. The van der Waals surface area contributed by atoms with Crippen molar-refractivity contribution in [1.29, 1.82) is 0 Å². The first-order chi connectivity index (χ1) is 7.99. The van der Waals surface area contributed by atoms with Crippen molar-refractivity contribution in [3.8, 4) is 11.5 Å². The number of hydrogen-bond donors (Lipinski definition) is 2. The van der Waals surface area contributed by atoms with Crippen molar-refractivity contribution in [2.45, 2.75) is 19.9 Å². The Bertz CT molecular complexity index is 416. The van der Waals surface area contributed by atoms with Crippen LogP contribution in [-0.4, -0.2) is 26.2 Å². The van der Waals surface area contributed by atoms with Gasteiger partial charge in [-0.3, -0.25) is 4.79 Å². The number of methoxy groups -OCH3 is 2. The molecule has 94 valence electrons. The van der Waals surface area contributed by atoms with Gasteiger partial charge in [-0.1, -0.05) is 0 Å². The Labute approximate surface area is 101 Å². The van der Waals surface area contributed by atoms with Crippen molar-refractivity contribution < 1.29 is 14.3 Å². The van der Waals surface area contributed by atoms with Crippen LogP contribution in [0.3, 0.4) is 0 Å². The second kappa shape index (κ2) is 5.54. The number of rotatable bonds is 4. The van der Waals surface area contributed by atoms with E-state index in [2.05, 4.69) is 5.32 Å². The van der Waals surface area contributed by atoms with Crippen LogP contribution in [0.1, 0.15) is 12.5 Å². The first-order valence-electron chi connectivity index (χ1n) is 5.28. The zero-order chi connectivity index (χ0) is 13.0. The molecule has 1 amide bonds. The van der Waals surface area contributed by atoms with E-state index in [1.807, 2.05) is 6.92 Å². The largest absolute Gasteiger partial charge is 0.493 e. The lowest BCUT2D eigenvalue weighted by Crippen LogP contribution is -2.32. The van der Waals surface area contributed by atoms with E-state index in [1.165, 1.54) is 0 Å². The molecule has 1 atom stereocenters. The number of carbonyl (C=O) groups is 1. The normalized spacial score (nSPS) is 11.8. The van der Waals surface area contributed by atoms with Crippen LogP contribution >= 0.6 is 0 Å². The average molecular weight is 238 g/mol. The van der Waals surface area contributed by atoms with Gasteiger partial charge >= 0.3 is 0 Å². The molecule has 3 N–H and O–H groups in total. The summed E-state index contributed by atoms with van der Waals surface area (Å²) in [6, 6.07) is 2.96. The highest BCUT2D eigenvalue weighted by molar-refractivity contribution is 5.95. The quantitative estimate of drug-likeness (QED) is 0.829. The number of amides is 1. The van der Waals surface area contributed by atoms with Crippen molar-refractivity contribution in [3.63, 3.8) is 0 Å². The minimum absolute atomic E-state index is 0.236. The number of nitrogens with one attached hydrogen (secondary N) is 1. The van der Waals surface area contributed by atoms with E-state index in [-0.39, 0.29) is 5.91 Å². The average Bonchev–Trinajstić information content (AvgIpc) is 2.30. The molecule has 0 saturated carbocycles. The SMILES string of the molecule is COc1cc(C)c(NC(=O)[C@@H](C)N)cc1OC. The predicted molar refractivity (Wildman–Crippen MR) is 66.6 cm³/mol. The molecule has 0 aliphatic carbocycles. The van der Waals surface area contributed by atoms with E-state index < -0.39 is 6.04 Å². The van der Waals surface area contributed by atoms with Crippen molar-refractivity contribution >= 4 is 11.6 Å². The van der Waals surface area contributed by atoms with E-state index in [0.29, 0.717) is 17.2 Å². The molecule has 17 heavy (non-hydrogen) atoms. The highest BCUT2D eigenvalue weighted by Crippen LogP contribution is 2.32. The van der Waals surface area contributed by atoms with E-state index in [1.54, 1.807) is 33.3 Å². The summed E-state index contributed by atoms with van der Waals surface area (Å²) in [5, 5.41) is 2.74. The molecule has 5 heteroatoms. The Balaban J connectivity index is 3.04. The minimum atomic E-state index is -0.553. The Hall–Kier alpha value is -1.75. The van der Waals surface area contributed by atoms with Crippen molar-refractivity contribution in [2.75, 3.05) is 19.5 Å². The summed E-state index contributed by atoms with van der Waals surface area (Å²) in [5.74, 6) is 0.960. The van der Waals surface area contributed by atoms with Gasteiger partial charge in [0, 0.05) is 11.8 Å². The maximum atomic E-state index is 11.5. The third-order valence-corrected chi connectivity index (χ3v) is 2.40. The Morgan fingerprint density at radius 3 is 2.29 bits per heavy atom. The van der Waals surface area contributed by atoms with Crippen LogP contribution in [0, 0.1) is 6.92 Å². The van der Waals surface area contributed by atoms with E-state index in [4.69, 9.17) is 15.2 Å². The van der Waals surface area contributed by atoms with Crippen LogP contribution < -0.4 is 20.5 Å². The molecule has 0 bridgehead atoms. The third-order valence-electron chi connectivity index (χ3n) is 2.40. The fourth-order valence-corrected chi connectivity index (χ4v) is 1.36. The first-order valence-corrected chi connectivity index (χ1v) is 5.28. The van der Waals surface area contributed by atoms with Crippen LogP contribution in [0.4, 0.5) is 5.69 Å². The molecule has 0 heterocycles. The smallest absolute Gasteiger partial charge is 0.241 e. The van der Waals surface area contributed by atoms with Gasteiger partial charge in [0.1, 0.15) is 0 Å². The van der Waals surface area contributed by atoms with Crippen LogP contribution in [0.25, 0.3) is 0 Å². The zero-order valence-electron chi connectivity index (χ0n) is 10.5. The molecule has 1 rings (SSSR count). The van der Waals surface area contributed by atoms with Crippen molar-refractivity contribution in [3.05, 3.63) is 17.7 Å². The molecule has 0 aromatic heterocycles. The van der Waals surface area contributed by atoms with E-state index in [0.717, 1.165) is 5.56 Å². The number of benzene rings is 1. The molecule has 0 aliphatic rings. The number of nitrogens with two attached hydrogens (primary N) is 1. The lowest BCUT2D eigenvalue weighted by molar-refractivity contribution is -0.117. The number of hydrogen-bond acceptors (Lipinski definition) is 4. The fourth-order valence-electron chi connectivity index (χ4n) is 1.36. The van der Waals surface area contributed by atoms with Gasteiger partial charge in [0.25, 0.3) is 0 Å². The number of carbonyl (C=O) groups excluding carboxylic acids is 1. The Morgan fingerprint density at radius 2 is 1.82 bits per heavy atom. The van der Waals surface area contributed by atoms with Gasteiger partial charge < -0.3 is 20.5 Å². The molecular formula is C12H18N2O3. The number of anilines is 1. The molecule has 0 fully saturated rings. The lowest BCUT2D eigenvalue weighted by Gasteiger charge is -2.14. The maximum absolute atomic E-state index is 11.5. The summed E-state index contributed by atoms with van der Waals surface area (Å²) in [6.07, 6.45) is 0. The topological polar surface area (TPSA) is 73.6 Å². The second-order valence-corrected chi connectivity index (χ2v) is 3.80. The molecular weight excluding hydrogens is 220 g/mol. The molecule has 1 aromatic rings. The van der Waals surface area contributed by atoms with Gasteiger partial charge in [-0.2, -0.15) is 0 Å². The summed E-state index contributed by atoms with van der Waals surface area (Å²) in [5.41, 5.74) is 7.05. The standard InChI is InChI=1S/C12H18N2O3/c1-7-5-10(16-3)11(17-4)6-9(7)14-12(15)8(2)13/h5-6,8H,13H2,1-4H3,(H,14,15)/t8-/m1/s1. The molecule has 0 saturated heterocycles. The highest BCUT2D eigenvalue weighted by Gasteiger charge is 2.12. The summed E-state index contributed by atoms with van der Waals surface area (Å²) in [7, 11) is 3.11. The van der Waals surface area contributed by atoms with E-state index >= 15 is 0 Å². The highest BCUT2D eigenvalue weighted by atomic mass is 16.5. The van der Waals surface area contributed by atoms with Crippen LogP contribution in [0.2, 0.25) is 0 Å². The third kappa shape index (κ3) is 3.10. The van der Waals surface area contributed by atoms with Crippen LogP contribution in [0.15, 0.2) is 12.1 Å². The number of aryl methyl sites for hydroxylation is 1. The molecule has 1 aromatic carbocycles. The molecule has 0 aliphatic heterocycles. The molecule has 0 spiro atoms. The van der Waals surface area contributed by atoms with Gasteiger partial charge in [-0.15, -0.1) is 0 Å². The summed E-state index contributed by atoms with van der Waals surface area (Å²) in [6.45, 7) is 3.50. The lowest BCUT2D eigenvalue weighted by atomic mass is 10.1. The predicted octanol–water partition coefficient (Wildman–Crippen LogP) is 1.30. The van der Waals surface area contributed by atoms with Gasteiger partial charge in [0.15, 0.2) is 11.5 Å². The van der Waals surface area contributed by atoms with Crippen molar-refractivity contribution in [2.24, 2.45) is 5.73 Å². The maximum Gasteiger partial charge on any atom is 0.241 e. The zero-order valence-corrected chi connectivity index (χ0v) is 10.5. The molecule has 0 radical (unpaired) electrons. The minimum Gasteiger partial charge on any atom is -0.493 e. The van der Waals surface area contributed by atoms with E-state index in [9.17, 15) is 4.79 Å². The van der Waals surface area contributed by atoms with Gasteiger partial charge in [0.2, 0.25) is 5.91 Å². The molecule has 5 nitrogen and oxygen atoms in total. The van der Waals surface area contributed by atoms with Crippen LogP contribution in [-0.2, 0) is 4.79 Å². The van der Waals surface area contributed by atoms with Crippen molar-refractivity contribution in [1.82, 2.24) is 0 Å². The van der Waals surface area contributed by atoms with Gasteiger partial charge in [-0.05, 0) is 25.5 Å². The second-order valence-electron chi connectivity index (χ2n) is 3.80. The molecule has 0 unspecified atom stereocenters. The summed E-state index contributed by atoms with van der Waals surface area (Å²) >= 11 is 0.